The van der Waals surface area contributed by atoms with E-state index in [1.54, 1.807) is 0 Å². The standard InChI is InChI=1S/C8H19N3O/c1-6(2)11(4)5-7(3)8(9)10-12/h6-7,12H,5H2,1-4H3,(H2,9,10). The molecule has 0 bridgehead atoms. The van der Waals surface area contributed by atoms with E-state index in [2.05, 4.69) is 23.9 Å². The minimum atomic E-state index is 0.0994. The van der Waals surface area contributed by atoms with E-state index in [9.17, 15) is 0 Å². The Hall–Kier alpha value is -0.770. The van der Waals surface area contributed by atoms with Crippen molar-refractivity contribution in [3.05, 3.63) is 0 Å². The molecule has 0 aromatic rings. The van der Waals surface area contributed by atoms with Crippen molar-refractivity contribution < 1.29 is 5.21 Å². The lowest BCUT2D eigenvalue weighted by Crippen LogP contribution is -2.36. The van der Waals surface area contributed by atoms with Gasteiger partial charge in [-0.2, -0.15) is 0 Å². The highest BCUT2D eigenvalue weighted by Gasteiger charge is 2.12. The maximum Gasteiger partial charge on any atom is 0.143 e. The maximum absolute atomic E-state index is 8.40. The molecule has 0 saturated carbocycles. The Labute approximate surface area is 74.0 Å². The Bertz CT molecular complexity index is 156. The quantitative estimate of drug-likeness (QED) is 0.285. The molecule has 1 atom stereocenters. The Kier molecular flexibility index (Phi) is 4.66. The van der Waals surface area contributed by atoms with E-state index in [4.69, 9.17) is 10.9 Å². The molecule has 3 N–H and O–H groups in total. The van der Waals surface area contributed by atoms with Gasteiger partial charge in [-0.05, 0) is 20.9 Å². The molecule has 0 aromatic carbocycles. The second-order valence-corrected chi connectivity index (χ2v) is 3.46. The average molecular weight is 173 g/mol. The first-order valence-corrected chi connectivity index (χ1v) is 4.16. The van der Waals surface area contributed by atoms with Gasteiger partial charge in [-0.15, -0.1) is 0 Å². The number of oxime groups is 1. The second kappa shape index (κ2) is 4.98. The number of amidine groups is 1. The van der Waals surface area contributed by atoms with Gasteiger partial charge in [0.15, 0.2) is 0 Å². The Morgan fingerprint density at radius 2 is 2.00 bits per heavy atom. The van der Waals surface area contributed by atoms with Crippen LogP contribution in [0.25, 0.3) is 0 Å². The summed E-state index contributed by atoms with van der Waals surface area (Å²) in [6.07, 6.45) is 0. The van der Waals surface area contributed by atoms with Crippen LogP contribution in [0.4, 0.5) is 0 Å². The number of rotatable bonds is 4. The van der Waals surface area contributed by atoms with Gasteiger partial charge in [0, 0.05) is 18.5 Å². The fraction of sp³-hybridized carbons (Fsp3) is 0.875. The molecular formula is C8H19N3O. The minimum Gasteiger partial charge on any atom is -0.409 e. The van der Waals surface area contributed by atoms with E-state index >= 15 is 0 Å². The molecular weight excluding hydrogens is 154 g/mol. The molecule has 0 aliphatic heterocycles. The molecule has 12 heavy (non-hydrogen) atoms. The fourth-order valence-electron chi connectivity index (χ4n) is 0.835. The van der Waals surface area contributed by atoms with Crippen LogP contribution in [0, 0.1) is 5.92 Å². The van der Waals surface area contributed by atoms with Gasteiger partial charge >= 0.3 is 0 Å². The maximum atomic E-state index is 8.40. The van der Waals surface area contributed by atoms with E-state index in [1.807, 2.05) is 14.0 Å². The summed E-state index contributed by atoms with van der Waals surface area (Å²) in [5.41, 5.74) is 5.44. The van der Waals surface area contributed by atoms with Crippen LogP contribution in [-0.4, -0.2) is 35.6 Å². The molecule has 0 amide bonds. The summed E-state index contributed by atoms with van der Waals surface area (Å²) in [5.74, 6) is 0.393. The van der Waals surface area contributed by atoms with Gasteiger partial charge in [-0.1, -0.05) is 12.1 Å². The average Bonchev–Trinajstić information content (AvgIpc) is 2.02. The van der Waals surface area contributed by atoms with Crippen LogP contribution in [0.2, 0.25) is 0 Å². The number of nitrogens with zero attached hydrogens (tertiary/aromatic N) is 2. The molecule has 0 radical (unpaired) electrons. The molecule has 0 aliphatic rings. The lowest BCUT2D eigenvalue weighted by molar-refractivity contribution is 0.253. The first kappa shape index (κ1) is 11.2. The smallest absolute Gasteiger partial charge is 0.143 e. The summed E-state index contributed by atoms with van der Waals surface area (Å²) in [5, 5.41) is 11.4. The third-order valence-electron chi connectivity index (χ3n) is 2.06. The van der Waals surface area contributed by atoms with Crippen molar-refractivity contribution in [3.63, 3.8) is 0 Å². The van der Waals surface area contributed by atoms with Crippen molar-refractivity contribution >= 4 is 5.84 Å². The van der Waals surface area contributed by atoms with Crippen LogP contribution >= 0.6 is 0 Å². The van der Waals surface area contributed by atoms with Crippen LogP contribution in [0.5, 0.6) is 0 Å². The highest BCUT2D eigenvalue weighted by atomic mass is 16.4. The minimum absolute atomic E-state index is 0.0994. The summed E-state index contributed by atoms with van der Waals surface area (Å²) in [7, 11) is 2.02. The van der Waals surface area contributed by atoms with E-state index in [1.165, 1.54) is 0 Å². The van der Waals surface area contributed by atoms with Crippen molar-refractivity contribution in [1.82, 2.24) is 4.90 Å². The van der Waals surface area contributed by atoms with Gasteiger partial charge in [0.05, 0.1) is 0 Å². The Morgan fingerprint density at radius 3 is 2.33 bits per heavy atom. The summed E-state index contributed by atoms with van der Waals surface area (Å²) >= 11 is 0. The molecule has 0 fully saturated rings. The number of nitrogens with two attached hydrogens (primary N) is 1. The SMILES string of the molecule is CC(CN(C)C(C)C)/C(N)=N/O. The van der Waals surface area contributed by atoms with Crippen molar-refractivity contribution in [2.45, 2.75) is 26.8 Å². The van der Waals surface area contributed by atoms with Gasteiger partial charge in [0.2, 0.25) is 0 Å². The fourth-order valence-corrected chi connectivity index (χ4v) is 0.835. The highest BCUT2D eigenvalue weighted by molar-refractivity contribution is 5.82. The molecule has 0 aliphatic carbocycles. The zero-order chi connectivity index (χ0) is 9.72. The molecule has 72 valence electrons. The van der Waals surface area contributed by atoms with Gasteiger partial charge in [0.1, 0.15) is 5.84 Å². The van der Waals surface area contributed by atoms with E-state index in [0.717, 1.165) is 6.54 Å². The summed E-state index contributed by atoms with van der Waals surface area (Å²) in [6, 6.07) is 0.485. The molecule has 0 rings (SSSR count). The first-order valence-electron chi connectivity index (χ1n) is 4.16. The third-order valence-corrected chi connectivity index (χ3v) is 2.06. The zero-order valence-corrected chi connectivity index (χ0v) is 8.28. The highest BCUT2D eigenvalue weighted by Crippen LogP contribution is 2.01. The summed E-state index contributed by atoms with van der Waals surface area (Å²) < 4.78 is 0. The van der Waals surface area contributed by atoms with Crippen LogP contribution < -0.4 is 5.73 Å². The topological polar surface area (TPSA) is 61.8 Å². The van der Waals surface area contributed by atoms with Crippen LogP contribution in [0.1, 0.15) is 20.8 Å². The van der Waals surface area contributed by atoms with Crippen molar-refractivity contribution in [1.29, 1.82) is 0 Å². The van der Waals surface area contributed by atoms with Crippen molar-refractivity contribution in [2.24, 2.45) is 16.8 Å². The van der Waals surface area contributed by atoms with Gasteiger partial charge < -0.3 is 15.8 Å². The Morgan fingerprint density at radius 1 is 1.50 bits per heavy atom. The van der Waals surface area contributed by atoms with Gasteiger partial charge in [0.25, 0.3) is 0 Å². The molecule has 0 saturated heterocycles. The Balaban J connectivity index is 3.92. The predicted octanol–water partition coefficient (Wildman–Crippen LogP) is 0.709. The largest absolute Gasteiger partial charge is 0.409 e. The zero-order valence-electron chi connectivity index (χ0n) is 8.28. The molecule has 0 spiro atoms. The van der Waals surface area contributed by atoms with E-state index in [0.29, 0.717) is 11.9 Å². The molecule has 0 heterocycles. The predicted molar refractivity (Wildman–Crippen MR) is 50.3 cm³/mol. The molecule has 4 heteroatoms. The van der Waals surface area contributed by atoms with Crippen molar-refractivity contribution in [2.75, 3.05) is 13.6 Å². The van der Waals surface area contributed by atoms with Gasteiger partial charge in [-0.3, -0.25) is 0 Å². The van der Waals surface area contributed by atoms with E-state index in [-0.39, 0.29) is 5.92 Å². The summed E-state index contributed by atoms with van der Waals surface area (Å²) in [4.78, 5) is 2.16. The summed E-state index contributed by atoms with van der Waals surface area (Å²) in [6.45, 7) is 6.97. The number of hydrogen-bond donors (Lipinski definition) is 2. The van der Waals surface area contributed by atoms with Crippen LogP contribution in [0.15, 0.2) is 5.16 Å². The molecule has 4 nitrogen and oxygen atoms in total. The van der Waals surface area contributed by atoms with Gasteiger partial charge in [-0.25, -0.2) is 0 Å². The third kappa shape index (κ3) is 3.57. The normalized spacial score (nSPS) is 15.7. The second-order valence-electron chi connectivity index (χ2n) is 3.46. The van der Waals surface area contributed by atoms with Crippen molar-refractivity contribution in [3.8, 4) is 0 Å². The first-order chi connectivity index (χ1) is 5.49. The van der Waals surface area contributed by atoms with Crippen LogP contribution in [0.3, 0.4) is 0 Å². The van der Waals surface area contributed by atoms with Crippen LogP contribution in [-0.2, 0) is 0 Å². The monoisotopic (exact) mass is 173 g/mol. The lowest BCUT2D eigenvalue weighted by Gasteiger charge is -2.23. The van der Waals surface area contributed by atoms with E-state index < -0.39 is 0 Å². The molecule has 1 unspecified atom stereocenters. The molecule has 0 aromatic heterocycles. The number of hydrogen-bond acceptors (Lipinski definition) is 3. The lowest BCUT2D eigenvalue weighted by atomic mass is 10.1.